The van der Waals surface area contributed by atoms with E-state index in [9.17, 15) is 8.42 Å². The maximum absolute atomic E-state index is 11.8. The third-order valence-electron chi connectivity index (χ3n) is 2.65. The maximum atomic E-state index is 11.8. The minimum Gasteiger partial charge on any atom is -0.395 e. The summed E-state index contributed by atoms with van der Waals surface area (Å²) in [5.41, 5.74) is 2.37. The minimum absolute atomic E-state index is 0.333. The third-order valence-corrected chi connectivity index (χ3v) is 4.96. The van der Waals surface area contributed by atoms with E-state index < -0.39 is 9.84 Å². The van der Waals surface area contributed by atoms with Crippen molar-refractivity contribution in [2.45, 2.75) is 18.2 Å². The first-order chi connectivity index (χ1) is 7.91. The van der Waals surface area contributed by atoms with Gasteiger partial charge in [0.1, 0.15) is 6.61 Å². The number of benzene rings is 1. The van der Waals surface area contributed by atoms with E-state index in [4.69, 9.17) is 4.84 Å². The molecule has 6 heteroatoms. The Morgan fingerprint density at radius 3 is 2.65 bits per heavy atom. The molecule has 1 aromatic carbocycles. The molecule has 2 rings (SSSR count). The number of hydrogen-bond acceptors (Lipinski definition) is 4. The van der Waals surface area contributed by atoms with Crippen LogP contribution in [0.1, 0.15) is 17.5 Å². The Labute approximate surface area is 114 Å². The van der Waals surface area contributed by atoms with Gasteiger partial charge in [-0.1, -0.05) is 5.16 Å². The van der Waals surface area contributed by atoms with Gasteiger partial charge in [0.15, 0.2) is 9.84 Å². The van der Waals surface area contributed by atoms with Crippen molar-refractivity contribution in [3.63, 3.8) is 0 Å². The average molecular weight is 365 g/mol. The number of rotatable bonds is 2. The Hall–Kier alpha value is -0.630. The molecule has 1 aromatic rings. The Balaban J connectivity index is 2.73. The first-order valence-electron chi connectivity index (χ1n) is 5.09. The molecule has 92 valence electrons. The van der Waals surface area contributed by atoms with E-state index in [1.54, 1.807) is 6.07 Å². The van der Waals surface area contributed by atoms with E-state index in [0.717, 1.165) is 14.8 Å². The SMILES string of the molecule is Cc1c(I)ccc(S(C)(=O)=O)c1C1=NOCC1. The van der Waals surface area contributed by atoms with Crippen LogP contribution in [0.3, 0.4) is 0 Å². The second-order valence-electron chi connectivity index (χ2n) is 3.94. The predicted octanol–water partition coefficient (Wildman–Crippen LogP) is 2.13. The van der Waals surface area contributed by atoms with Crippen LogP contribution in [0, 0.1) is 10.5 Å². The van der Waals surface area contributed by atoms with Crippen molar-refractivity contribution in [1.82, 2.24) is 0 Å². The average Bonchev–Trinajstić information content (AvgIpc) is 2.73. The van der Waals surface area contributed by atoms with Crippen molar-refractivity contribution in [1.29, 1.82) is 0 Å². The number of oxime groups is 1. The Morgan fingerprint density at radius 1 is 1.41 bits per heavy atom. The molecule has 0 saturated heterocycles. The molecule has 1 aliphatic heterocycles. The lowest BCUT2D eigenvalue weighted by molar-refractivity contribution is 0.174. The zero-order valence-corrected chi connectivity index (χ0v) is 12.5. The first-order valence-corrected chi connectivity index (χ1v) is 8.06. The van der Waals surface area contributed by atoms with E-state index in [1.807, 2.05) is 13.0 Å². The molecular formula is C11H12INO3S. The van der Waals surface area contributed by atoms with Gasteiger partial charge >= 0.3 is 0 Å². The summed E-state index contributed by atoms with van der Waals surface area (Å²) < 4.78 is 24.6. The summed E-state index contributed by atoms with van der Waals surface area (Å²) in [5, 5.41) is 3.93. The number of halogens is 1. The Bertz CT molecular complexity index is 593. The van der Waals surface area contributed by atoms with Crippen LogP contribution in [0.4, 0.5) is 0 Å². The molecule has 4 nitrogen and oxygen atoms in total. The lowest BCUT2D eigenvalue weighted by Crippen LogP contribution is -2.11. The van der Waals surface area contributed by atoms with Crippen molar-refractivity contribution in [3.8, 4) is 0 Å². The van der Waals surface area contributed by atoms with Gasteiger partial charge < -0.3 is 4.84 Å². The topological polar surface area (TPSA) is 55.7 Å². The highest BCUT2D eigenvalue weighted by molar-refractivity contribution is 14.1. The zero-order chi connectivity index (χ0) is 12.6. The lowest BCUT2D eigenvalue weighted by Gasteiger charge is -2.11. The van der Waals surface area contributed by atoms with Gasteiger partial charge in [-0.3, -0.25) is 0 Å². The van der Waals surface area contributed by atoms with Crippen LogP contribution < -0.4 is 0 Å². The van der Waals surface area contributed by atoms with Crippen molar-refractivity contribution < 1.29 is 13.3 Å². The molecule has 0 bridgehead atoms. The van der Waals surface area contributed by atoms with Gasteiger partial charge in [-0.2, -0.15) is 0 Å². The summed E-state index contributed by atoms with van der Waals surface area (Å²) in [5.74, 6) is 0. The van der Waals surface area contributed by atoms with Gasteiger partial charge in [-0.15, -0.1) is 0 Å². The van der Waals surface area contributed by atoms with Gasteiger partial charge in [-0.25, -0.2) is 8.42 Å². The lowest BCUT2D eigenvalue weighted by atomic mass is 10.0. The van der Waals surface area contributed by atoms with E-state index >= 15 is 0 Å². The van der Waals surface area contributed by atoms with E-state index in [-0.39, 0.29) is 0 Å². The number of hydrogen-bond donors (Lipinski definition) is 0. The molecule has 0 amide bonds. The van der Waals surface area contributed by atoms with Gasteiger partial charge in [0.25, 0.3) is 0 Å². The fraction of sp³-hybridized carbons (Fsp3) is 0.364. The number of nitrogens with zero attached hydrogens (tertiary/aromatic N) is 1. The van der Waals surface area contributed by atoms with Crippen LogP contribution in [-0.2, 0) is 14.7 Å². The highest BCUT2D eigenvalue weighted by Crippen LogP contribution is 2.27. The van der Waals surface area contributed by atoms with Crippen LogP contribution in [-0.4, -0.2) is 27.0 Å². The van der Waals surface area contributed by atoms with E-state index in [2.05, 4.69) is 27.7 Å². The van der Waals surface area contributed by atoms with Gasteiger partial charge in [0, 0.05) is 21.8 Å². The van der Waals surface area contributed by atoms with Gasteiger partial charge in [0.2, 0.25) is 0 Å². The molecule has 0 N–H and O–H groups in total. The third kappa shape index (κ3) is 2.47. The Kier molecular flexibility index (Phi) is 3.44. The molecule has 0 aliphatic carbocycles. The van der Waals surface area contributed by atoms with E-state index in [1.165, 1.54) is 6.26 Å². The van der Waals surface area contributed by atoms with Crippen LogP contribution in [0.5, 0.6) is 0 Å². The minimum atomic E-state index is -3.25. The van der Waals surface area contributed by atoms with Crippen LogP contribution in [0.2, 0.25) is 0 Å². The summed E-state index contributed by atoms with van der Waals surface area (Å²) in [6.07, 6.45) is 1.87. The summed E-state index contributed by atoms with van der Waals surface area (Å²) in [4.78, 5) is 5.30. The van der Waals surface area contributed by atoms with E-state index in [0.29, 0.717) is 23.5 Å². The summed E-state index contributed by atoms with van der Waals surface area (Å²) >= 11 is 2.19. The highest BCUT2D eigenvalue weighted by atomic mass is 127. The number of sulfone groups is 1. The molecule has 0 saturated carbocycles. The summed E-state index contributed by atoms with van der Waals surface area (Å²) in [6, 6.07) is 3.45. The summed E-state index contributed by atoms with van der Waals surface area (Å²) in [6.45, 7) is 2.43. The molecule has 0 aromatic heterocycles. The van der Waals surface area contributed by atoms with Crippen LogP contribution in [0.25, 0.3) is 0 Å². The zero-order valence-electron chi connectivity index (χ0n) is 9.53. The monoisotopic (exact) mass is 365 g/mol. The smallest absolute Gasteiger partial charge is 0.176 e. The molecule has 0 radical (unpaired) electrons. The largest absolute Gasteiger partial charge is 0.395 e. The van der Waals surface area contributed by atoms with Crippen molar-refractivity contribution in [3.05, 3.63) is 26.8 Å². The second kappa shape index (κ2) is 4.56. The predicted molar refractivity (Wildman–Crippen MR) is 74.1 cm³/mol. The normalized spacial score (nSPS) is 15.6. The molecule has 0 atom stereocenters. The molecular weight excluding hydrogens is 353 g/mol. The highest BCUT2D eigenvalue weighted by Gasteiger charge is 2.23. The molecule has 1 heterocycles. The molecule has 0 spiro atoms. The quantitative estimate of drug-likeness (QED) is 0.755. The fourth-order valence-electron chi connectivity index (χ4n) is 1.81. The van der Waals surface area contributed by atoms with Crippen LogP contribution in [0.15, 0.2) is 22.2 Å². The molecule has 17 heavy (non-hydrogen) atoms. The molecule has 1 aliphatic rings. The second-order valence-corrected chi connectivity index (χ2v) is 7.09. The Morgan fingerprint density at radius 2 is 2.12 bits per heavy atom. The molecule has 0 fully saturated rings. The van der Waals surface area contributed by atoms with Gasteiger partial charge in [0.05, 0.1) is 10.6 Å². The molecule has 0 unspecified atom stereocenters. The standard InChI is InChI=1S/C11H12INO3S/c1-7-8(12)3-4-10(17(2,14)15)11(7)9-5-6-16-13-9/h3-4H,5-6H2,1-2H3. The fourth-order valence-corrected chi connectivity index (χ4v) is 3.22. The maximum Gasteiger partial charge on any atom is 0.176 e. The van der Waals surface area contributed by atoms with Crippen LogP contribution >= 0.6 is 22.6 Å². The van der Waals surface area contributed by atoms with Crippen molar-refractivity contribution in [2.75, 3.05) is 12.9 Å². The first kappa shape index (κ1) is 12.8. The summed E-state index contributed by atoms with van der Waals surface area (Å²) in [7, 11) is -3.25. The van der Waals surface area contributed by atoms with Crippen molar-refractivity contribution in [2.24, 2.45) is 5.16 Å². The van der Waals surface area contributed by atoms with Crippen molar-refractivity contribution >= 4 is 38.1 Å². The van der Waals surface area contributed by atoms with Gasteiger partial charge in [-0.05, 0) is 47.2 Å².